The van der Waals surface area contributed by atoms with E-state index in [1.807, 2.05) is 25.1 Å². The molecular formula is C17H14Cl2N2O2S2. The zero-order valence-electron chi connectivity index (χ0n) is 13.2. The van der Waals surface area contributed by atoms with E-state index in [0.717, 1.165) is 21.1 Å². The number of aryl methyl sites for hydroxylation is 1. The quantitative estimate of drug-likeness (QED) is 0.647. The second-order valence-corrected chi connectivity index (χ2v) is 8.98. The van der Waals surface area contributed by atoms with E-state index in [1.165, 1.54) is 23.5 Å². The fourth-order valence-corrected chi connectivity index (χ4v) is 4.93. The molecule has 0 radical (unpaired) electrons. The summed E-state index contributed by atoms with van der Waals surface area (Å²) < 4.78 is 27.4. The van der Waals surface area contributed by atoms with E-state index < -0.39 is 10.0 Å². The van der Waals surface area contributed by atoms with E-state index in [0.29, 0.717) is 10.0 Å². The molecule has 1 heterocycles. The molecular weight excluding hydrogens is 399 g/mol. The summed E-state index contributed by atoms with van der Waals surface area (Å²) in [6.07, 6.45) is 0. The van der Waals surface area contributed by atoms with Crippen LogP contribution in [0.25, 0.3) is 10.6 Å². The molecule has 8 heteroatoms. The maximum atomic E-state index is 12.4. The molecule has 0 aliphatic carbocycles. The van der Waals surface area contributed by atoms with Crippen molar-refractivity contribution in [3.63, 3.8) is 0 Å². The minimum absolute atomic E-state index is 0.133. The van der Waals surface area contributed by atoms with Crippen molar-refractivity contribution in [2.45, 2.75) is 18.4 Å². The summed E-state index contributed by atoms with van der Waals surface area (Å²) in [4.78, 5) is 5.47. The van der Waals surface area contributed by atoms with Crippen molar-refractivity contribution >= 4 is 44.6 Å². The highest BCUT2D eigenvalue weighted by Crippen LogP contribution is 2.32. The minimum atomic E-state index is -3.64. The van der Waals surface area contributed by atoms with Crippen molar-refractivity contribution in [1.82, 2.24) is 9.71 Å². The lowest BCUT2D eigenvalue weighted by molar-refractivity contribution is 0.581. The highest BCUT2D eigenvalue weighted by atomic mass is 35.5. The molecule has 0 aliphatic rings. The van der Waals surface area contributed by atoms with Crippen LogP contribution >= 0.6 is 34.5 Å². The summed E-state index contributed by atoms with van der Waals surface area (Å²) in [6.45, 7) is 2.00. The van der Waals surface area contributed by atoms with Crippen LogP contribution < -0.4 is 4.72 Å². The van der Waals surface area contributed by atoms with Crippen LogP contribution in [0.4, 0.5) is 0 Å². The highest BCUT2D eigenvalue weighted by molar-refractivity contribution is 7.89. The summed E-state index contributed by atoms with van der Waals surface area (Å²) in [5, 5.41) is 1.75. The van der Waals surface area contributed by atoms with Crippen molar-refractivity contribution in [3.05, 3.63) is 69.1 Å². The van der Waals surface area contributed by atoms with E-state index in [9.17, 15) is 8.42 Å². The van der Waals surface area contributed by atoms with Gasteiger partial charge in [-0.3, -0.25) is 0 Å². The van der Waals surface area contributed by atoms with Gasteiger partial charge in [-0.05, 0) is 31.2 Å². The number of nitrogens with one attached hydrogen (secondary N) is 1. The molecule has 0 fully saturated rings. The normalized spacial score (nSPS) is 11.6. The van der Waals surface area contributed by atoms with Crippen LogP contribution in [0, 0.1) is 6.92 Å². The molecule has 0 unspecified atom stereocenters. The van der Waals surface area contributed by atoms with E-state index >= 15 is 0 Å². The number of thiazole rings is 1. The maximum Gasteiger partial charge on any atom is 0.240 e. The molecule has 0 atom stereocenters. The molecule has 4 nitrogen and oxygen atoms in total. The van der Waals surface area contributed by atoms with Gasteiger partial charge >= 0.3 is 0 Å². The molecule has 1 N–H and O–H groups in total. The first kappa shape index (κ1) is 18.4. The average Bonchev–Trinajstić information content (AvgIpc) is 2.94. The van der Waals surface area contributed by atoms with Gasteiger partial charge in [0.15, 0.2) is 0 Å². The van der Waals surface area contributed by atoms with Crippen LogP contribution in [0.3, 0.4) is 0 Å². The standard InChI is InChI=1S/C17H14Cl2N2O2S2/c1-11-16(24-17(21-11)14-7-2-3-8-15(14)19)10-20-25(22,23)13-6-4-5-12(18)9-13/h2-9,20H,10H2,1H3. The van der Waals surface area contributed by atoms with Gasteiger partial charge in [0.1, 0.15) is 5.01 Å². The SMILES string of the molecule is Cc1nc(-c2ccccc2Cl)sc1CNS(=O)(=O)c1cccc(Cl)c1. The van der Waals surface area contributed by atoms with Gasteiger partial charge in [0.05, 0.1) is 15.6 Å². The van der Waals surface area contributed by atoms with Crippen LogP contribution in [0.5, 0.6) is 0 Å². The average molecular weight is 413 g/mol. The molecule has 130 valence electrons. The number of hydrogen-bond acceptors (Lipinski definition) is 4. The summed E-state index contributed by atoms with van der Waals surface area (Å²) in [6, 6.07) is 13.6. The number of benzene rings is 2. The molecule has 0 saturated heterocycles. The number of sulfonamides is 1. The Labute approximate surface area is 160 Å². The van der Waals surface area contributed by atoms with Crippen molar-refractivity contribution < 1.29 is 8.42 Å². The summed E-state index contributed by atoms with van der Waals surface area (Å²) >= 11 is 13.5. The fourth-order valence-electron chi connectivity index (χ4n) is 2.22. The Hall–Kier alpha value is -1.44. The number of nitrogens with zero attached hydrogens (tertiary/aromatic N) is 1. The second kappa shape index (κ2) is 7.43. The summed E-state index contributed by atoms with van der Waals surface area (Å²) in [5.74, 6) is 0. The topological polar surface area (TPSA) is 59.1 Å². The molecule has 3 aromatic rings. The maximum absolute atomic E-state index is 12.4. The van der Waals surface area contributed by atoms with Gasteiger partial charge in [-0.15, -0.1) is 11.3 Å². The third-order valence-corrected chi connectivity index (χ3v) is 6.68. The number of hydrogen-bond donors (Lipinski definition) is 1. The Morgan fingerprint density at radius 1 is 1.12 bits per heavy atom. The van der Waals surface area contributed by atoms with Crippen molar-refractivity contribution in [2.24, 2.45) is 0 Å². The lowest BCUT2D eigenvalue weighted by Gasteiger charge is -2.06. The molecule has 2 aromatic carbocycles. The minimum Gasteiger partial charge on any atom is -0.241 e. The number of halogens is 2. The lowest BCUT2D eigenvalue weighted by atomic mass is 10.2. The molecule has 0 spiro atoms. The lowest BCUT2D eigenvalue weighted by Crippen LogP contribution is -2.23. The van der Waals surface area contributed by atoms with Crippen LogP contribution in [0.2, 0.25) is 10.0 Å². The van der Waals surface area contributed by atoms with E-state index in [2.05, 4.69) is 9.71 Å². The van der Waals surface area contributed by atoms with Crippen LogP contribution in [-0.4, -0.2) is 13.4 Å². The monoisotopic (exact) mass is 412 g/mol. The third-order valence-electron chi connectivity index (χ3n) is 3.53. The third kappa shape index (κ3) is 4.22. The molecule has 3 rings (SSSR count). The predicted molar refractivity (Wildman–Crippen MR) is 103 cm³/mol. The first-order chi connectivity index (χ1) is 11.9. The van der Waals surface area contributed by atoms with Crippen LogP contribution in [0.15, 0.2) is 53.4 Å². The Morgan fingerprint density at radius 3 is 2.60 bits per heavy atom. The van der Waals surface area contributed by atoms with Gasteiger partial charge in [0.2, 0.25) is 10.0 Å². The van der Waals surface area contributed by atoms with Crippen molar-refractivity contribution in [1.29, 1.82) is 0 Å². The Kier molecular flexibility index (Phi) is 5.46. The molecule has 25 heavy (non-hydrogen) atoms. The van der Waals surface area contributed by atoms with Gasteiger partial charge in [0, 0.05) is 22.0 Å². The predicted octanol–water partition coefficient (Wildman–Crippen LogP) is 4.90. The zero-order chi connectivity index (χ0) is 18.0. The summed E-state index contributed by atoms with van der Waals surface area (Å²) in [7, 11) is -3.64. The van der Waals surface area contributed by atoms with Crippen LogP contribution in [-0.2, 0) is 16.6 Å². The van der Waals surface area contributed by atoms with Crippen molar-refractivity contribution in [2.75, 3.05) is 0 Å². The number of aromatic nitrogens is 1. The smallest absolute Gasteiger partial charge is 0.240 e. The zero-order valence-corrected chi connectivity index (χ0v) is 16.3. The molecule has 0 aliphatic heterocycles. The van der Waals surface area contributed by atoms with Crippen molar-refractivity contribution in [3.8, 4) is 10.6 Å². The fraction of sp³-hybridized carbons (Fsp3) is 0.118. The number of rotatable bonds is 5. The summed E-state index contributed by atoms with van der Waals surface area (Å²) in [5.41, 5.74) is 1.61. The molecule has 0 saturated carbocycles. The Morgan fingerprint density at radius 2 is 1.88 bits per heavy atom. The van der Waals surface area contributed by atoms with Gasteiger partial charge in [-0.1, -0.05) is 47.5 Å². The molecule has 0 amide bonds. The Balaban J connectivity index is 1.81. The van der Waals surface area contributed by atoms with Gasteiger partial charge in [-0.2, -0.15) is 0 Å². The van der Waals surface area contributed by atoms with E-state index in [4.69, 9.17) is 23.2 Å². The first-order valence-corrected chi connectivity index (χ1v) is 10.4. The first-order valence-electron chi connectivity index (χ1n) is 7.33. The van der Waals surface area contributed by atoms with Crippen LogP contribution in [0.1, 0.15) is 10.6 Å². The molecule has 1 aromatic heterocycles. The molecule has 0 bridgehead atoms. The van der Waals surface area contributed by atoms with E-state index in [-0.39, 0.29) is 11.4 Å². The van der Waals surface area contributed by atoms with Gasteiger partial charge in [0.25, 0.3) is 0 Å². The largest absolute Gasteiger partial charge is 0.241 e. The Bertz CT molecular complexity index is 1020. The highest BCUT2D eigenvalue weighted by Gasteiger charge is 2.17. The van der Waals surface area contributed by atoms with Gasteiger partial charge < -0.3 is 0 Å². The second-order valence-electron chi connectivity index (χ2n) is 5.29. The van der Waals surface area contributed by atoms with Gasteiger partial charge in [-0.25, -0.2) is 18.1 Å². The van der Waals surface area contributed by atoms with E-state index in [1.54, 1.807) is 18.2 Å².